The molecule has 0 amide bonds. The van der Waals surface area contributed by atoms with Crippen molar-refractivity contribution in [2.45, 2.75) is 64.4 Å². The molecule has 0 aromatic heterocycles. The number of aliphatic hydroxyl groups is 1. The van der Waals surface area contributed by atoms with Gasteiger partial charge in [-0.3, -0.25) is 0 Å². The van der Waals surface area contributed by atoms with Crippen molar-refractivity contribution in [1.82, 2.24) is 0 Å². The minimum atomic E-state index is -0.888. The molecule has 1 N–H and O–H groups in total. The van der Waals surface area contributed by atoms with Gasteiger partial charge in [0, 0.05) is 11.8 Å². The van der Waals surface area contributed by atoms with Gasteiger partial charge in [0.15, 0.2) is 0 Å². The maximum absolute atomic E-state index is 11.0. The van der Waals surface area contributed by atoms with Crippen LogP contribution in [0, 0.1) is 41.4 Å². The lowest BCUT2D eigenvalue weighted by Gasteiger charge is -2.53. The molecule has 0 bridgehead atoms. The lowest BCUT2D eigenvalue weighted by atomic mass is 9.51. The van der Waals surface area contributed by atoms with Crippen LogP contribution in [0.15, 0.2) is 23.5 Å². The summed E-state index contributed by atoms with van der Waals surface area (Å²) >= 11 is 0. The van der Waals surface area contributed by atoms with Gasteiger partial charge in [0.2, 0.25) is 0 Å². The Kier molecular flexibility index (Phi) is 3.84. The van der Waals surface area contributed by atoms with E-state index in [4.69, 9.17) is 11.2 Å². The topological polar surface area (TPSA) is 29.5 Å². The van der Waals surface area contributed by atoms with Gasteiger partial charge in [-0.05, 0) is 80.8 Å². The Labute approximate surface area is 146 Å². The average molecular weight is 326 g/mol. The molecule has 0 aliphatic heterocycles. The third kappa shape index (κ3) is 2.14. The van der Waals surface area contributed by atoms with Crippen LogP contribution in [0.5, 0.6) is 0 Å². The van der Waals surface area contributed by atoms with Crippen LogP contribution in [0.25, 0.3) is 0 Å². The summed E-state index contributed by atoms with van der Waals surface area (Å²) in [5.41, 5.74) is 0.538. The molecule has 0 saturated heterocycles. The molecule has 4 rings (SSSR count). The molecule has 2 fully saturated rings. The highest BCUT2D eigenvalue weighted by Gasteiger charge is 2.61. The van der Waals surface area contributed by atoms with Crippen LogP contribution in [-0.2, 0) is 4.74 Å². The Balaban J connectivity index is 1.62. The van der Waals surface area contributed by atoms with Gasteiger partial charge in [-0.2, -0.15) is 0 Å². The molecule has 4 aliphatic rings. The van der Waals surface area contributed by atoms with Crippen molar-refractivity contribution >= 4 is 0 Å². The number of terminal acetylenes is 1. The predicted octanol–water partition coefficient (Wildman–Crippen LogP) is 4.45. The van der Waals surface area contributed by atoms with Crippen LogP contribution in [-0.4, -0.2) is 17.3 Å². The molecule has 0 heterocycles. The highest BCUT2D eigenvalue weighted by atomic mass is 16.5. The molecule has 2 heteroatoms. The van der Waals surface area contributed by atoms with Gasteiger partial charge < -0.3 is 9.84 Å². The minimum Gasteiger partial charge on any atom is -0.498 e. The van der Waals surface area contributed by atoms with E-state index < -0.39 is 5.60 Å². The Hall–Kier alpha value is -1.20. The zero-order chi connectivity index (χ0) is 16.9. The van der Waals surface area contributed by atoms with E-state index in [0.717, 1.165) is 44.6 Å². The van der Waals surface area contributed by atoms with E-state index in [0.29, 0.717) is 17.8 Å². The summed E-state index contributed by atoms with van der Waals surface area (Å²) in [5.74, 6) is 6.66. The normalized spacial score (nSPS) is 46.8. The van der Waals surface area contributed by atoms with E-state index in [1.807, 2.05) is 0 Å². The smallest absolute Gasteiger partial charge is 0.130 e. The van der Waals surface area contributed by atoms with Crippen LogP contribution in [0.1, 0.15) is 58.8 Å². The maximum Gasteiger partial charge on any atom is 0.130 e. The number of hydrogen-bond acceptors (Lipinski definition) is 2. The van der Waals surface area contributed by atoms with Crippen molar-refractivity contribution < 1.29 is 9.84 Å². The van der Waals surface area contributed by atoms with Crippen molar-refractivity contribution in [3.8, 4) is 12.3 Å². The van der Waals surface area contributed by atoms with Gasteiger partial charge in [0.25, 0.3) is 0 Å². The molecule has 4 aliphatic carbocycles. The van der Waals surface area contributed by atoms with E-state index in [9.17, 15) is 5.11 Å². The highest BCUT2D eigenvalue weighted by Crippen LogP contribution is 2.64. The van der Waals surface area contributed by atoms with Gasteiger partial charge in [-0.1, -0.05) is 18.9 Å². The molecule has 0 spiro atoms. The largest absolute Gasteiger partial charge is 0.498 e. The number of fused-ring (bicyclic) bond motifs is 5. The first kappa shape index (κ1) is 16.3. The van der Waals surface area contributed by atoms with Crippen molar-refractivity contribution in [2.75, 3.05) is 6.61 Å². The molecule has 2 saturated carbocycles. The molecule has 130 valence electrons. The van der Waals surface area contributed by atoms with E-state index in [1.165, 1.54) is 24.2 Å². The van der Waals surface area contributed by atoms with Gasteiger partial charge in [0.1, 0.15) is 5.60 Å². The molecular formula is C22H30O2. The van der Waals surface area contributed by atoms with Gasteiger partial charge >= 0.3 is 0 Å². The van der Waals surface area contributed by atoms with Crippen LogP contribution in [0.3, 0.4) is 0 Å². The second-order valence-corrected chi connectivity index (χ2v) is 8.56. The lowest BCUT2D eigenvalue weighted by molar-refractivity contribution is -0.0804. The van der Waals surface area contributed by atoms with Crippen molar-refractivity contribution in [2.24, 2.45) is 29.1 Å². The first-order valence-electron chi connectivity index (χ1n) is 9.76. The van der Waals surface area contributed by atoms with E-state index in [-0.39, 0.29) is 5.41 Å². The Morgan fingerprint density at radius 1 is 1.29 bits per heavy atom. The quantitative estimate of drug-likeness (QED) is 0.760. The first-order chi connectivity index (χ1) is 11.5. The Morgan fingerprint density at radius 2 is 2.12 bits per heavy atom. The van der Waals surface area contributed by atoms with Crippen LogP contribution >= 0.6 is 0 Å². The molecule has 2 nitrogen and oxygen atoms in total. The Morgan fingerprint density at radius 3 is 2.88 bits per heavy atom. The first-order valence-corrected chi connectivity index (χ1v) is 9.76. The molecule has 6 atom stereocenters. The number of allylic oxidation sites excluding steroid dienone is 4. The monoisotopic (exact) mass is 326 g/mol. The standard InChI is InChI=1S/C22H30O2/c1-4-22(23)13-11-20-19-8-6-15-14-16(24-5-2)7-9-17(15)18(19)10-12-21(20,22)3/h1,6,14,17-20,23H,5,7-13H2,2-3H3/t17-,18+,19+,20-,21+,22+/m0/s1. The number of hydrogen-bond donors (Lipinski definition) is 1. The minimum absolute atomic E-state index is 0.0880. The molecule has 0 aromatic rings. The van der Waals surface area contributed by atoms with Gasteiger partial charge in [-0.15, -0.1) is 6.42 Å². The summed E-state index contributed by atoms with van der Waals surface area (Å²) in [6.07, 6.45) is 18.1. The molecule has 24 heavy (non-hydrogen) atoms. The summed E-state index contributed by atoms with van der Waals surface area (Å²) in [6.45, 7) is 5.09. The summed E-state index contributed by atoms with van der Waals surface area (Å²) in [4.78, 5) is 0. The average Bonchev–Trinajstić information content (AvgIpc) is 2.87. The van der Waals surface area contributed by atoms with Gasteiger partial charge in [-0.25, -0.2) is 0 Å². The fraction of sp³-hybridized carbons (Fsp3) is 0.727. The zero-order valence-corrected chi connectivity index (χ0v) is 15.1. The van der Waals surface area contributed by atoms with E-state index in [2.05, 4.69) is 31.9 Å². The van der Waals surface area contributed by atoms with E-state index in [1.54, 1.807) is 0 Å². The summed E-state index contributed by atoms with van der Waals surface area (Å²) in [7, 11) is 0. The number of ether oxygens (including phenoxy) is 1. The van der Waals surface area contributed by atoms with Crippen LogP contribution < -0.4 is 0 Å². The highest BCUT2D eigenvalue weighted by molar-refractivity contribution is 5.32. The van der Waals surface area contributed by atoms with Crippen molar-refractivity contribution in [1.29, 1.82) is 0 Å². The van der Waals surface area contributed by atoms with Crippen LogP contribution in [0.2, 0.25) is 0 Å². The second-order valence-electron chi connectivity index (χ2n) is 8.56. The van der Waals surface area contributed by atoms with Crippen molar-refractivity contribution in [3.05, 3.63) is 23.5 Å². The third-order valence-corrected chi connectivity index (χ3v) is 7.81. The van der Waals surface area contributed by atoms with E-state index >= 15 is 0 Å². The van der Waals surface area contributed by atoms with Crippen molar-refractivity contribution in [3.63, 3.8) is 0 Å². The summed E-state index contributed by atoms with van der Waals surface area (Å²) in [5, 5.41) is 11.0. The van der Waals surface area contributed by atoms with Crippen LogP contribution in [0.4, 0.5) is 0 Å². The predicted molar refractivity (Wildman–Crippen MR) is 96.0 cm³/mol. The molecular weight excluding hydrogens is 296 g/mol. The fourth-order valence-corrected chi connectivity index (χ4v) is 6.48. The summed E-state index contributed by atoms with van der Waals surface area (Å²) < 4.78 is 5.76. The fourth-order valence-electron chi connectivity index (χ4n) is 6.48. The molecule has 0 radical (unpaired) electrons. The maximum atomic E-state index is 11.0. The SMILES string of the molecule is C#C[C@@]1(O)CC[C@H]2[C@@H]3CC=C4C=C(OCC)CC[C@@H]4[C@H]3CC[C@]21C. The third-order valence-electron chi connectivity index (χ3n) is 7.81. The Bertz CT molecular complexity index is 624. The number of rotatable bonds is 2. The zero-order valence-electron chi connectivity index (χ0n) is 15.1. The second kappa shape index (κ2) is 5.67. The lowest BCUT2D eigenvalue weighted by Crippen LogP contribution is -2.51. The van der Waals surface area contributed by atoms with Gasteiger partial charge in [0.05, 0.1) is 12.4 Å². The molecule has 0 aromatic carbocycles. The summed E-state index contributed by atoms with van der Waals surface area (Å²) in [6, 6.07) is 0. The molecule has 0 unspecified atom stereocenters.